The number of carbonyl (C=O) groups excluding carboxylic acids is 2. The Balaban J connectivity index is 1.93. The predicted octanol–water partition coefficient (Wildman–Crippen LogP) is 5.95. The van der Waals surface area contributed by atoms with Gasteiger partial charge < -0.3 is 19.7 Å². The summed E-state index contributed by atoms with van der Waals surface area (Å²) in [5.74, 6) is 0.808. The van der Waals surface area contributed by atoms with Gasteiger partial charge in [0.05, 0.1) is 11.6 Å². The van der Waals surface area contributed by atoms with Gasteiger partial charge in [-0.05, 0) is 76.7 Å². The second-order valence-electron chi connectivity index (χ2n) is 9.30. The molecule has 0 saturated heterocycles. The summed E-state index contributed by atoms with van der Waals surface area (Å²) in [5, 5.41) is 3.08. The van der Waals surface area contributed by atoms with E-state index in [1.54, 1.807) is 12.0 Å². The number of nitrogens with zero attached hydrogens (tertiary/aromatic N) is 1. The van der Waals surface area contributed by atoms with Gasteiger partial charge in [0.1, 0.15) is 17.5 Å². The molecule has 2 amide bonds. The first-order chi connectivity index (χ1) is 18.3. The second kappa shape index (κ2) is 14.6. The number of amides is 2. The van der Waals surface area contributed by atoms with E-state index < -0.39 is 6.04 Å². The number of halogens is 1. The van der Waals surface area contributed by atoms with Crippen LogP contribution in [0.15, 0.2) is 77.3 Å². The molecule has 0 spiro atoms. The summed E-state index contributed by atoms with van der Waals surface area (Å²) < 4.78 is 12.1. The summed E-state index contributed by atoms with van der Waals surface area (Å²) in [7, 11) is 1.61. The third kappa shape index (κ3) is 8.35. The molecule has 3 aromatic carbocycles. The Morgan fingerprint density at radius 3 is 2.34 bits per heavy atom. The quantitative estimate of drug-likeness (QED) is 0.271. The fraction of sp³-hybridized carbons (Fsp3) is 0.355. The SMILES string of the molecule is CCc1ccc(OCC(=O)N(Cc2cccc(OC)c2)[C@@H](Cc2ccccc2)C(=O)N[C@@H](C)CC)c(Br)c1. The summed E-state index contributed by atoms with van der Waals surface area (Å²) in [6, 6.07) is 22.4. The molecule has 2 atom stereocenters. The first-order valence-electron chi connectivity index (χ1n) is 13.0. The van der Waals surface area contributed by atoms with Crippen LogP contribution >= 0.6 is 15.9 Å². The molecule has 0 saturated carbocycles. The van der Waals surface area contributed by atoms with Crippen LogP contribution in [0.1, 0.15) is 43.9 Å². The van der Waals surface area contributed by atoms with Gasteiger partial charge in [-0.2, -0.15) is 0 Å². The fourth-order valence-electron chi connectivity index (χ4n) is 4.07. The van der Waals surface area contributed by atoms with E-state index in [0.717, 1.165) is 28.4 Å². The number of ether oxygens (including phenoxy) is 2. The number of hydrogen-bond donors (Lipinski definition) is 1. The van der Waals surface area contributed by atoms with Gasteiger partial charge in [-0.25, -0.2) is 0 Å². The van der Waals surface area contributed by atoms with E-state index in [2.05, 4.69) is 28.2 Å². The molecule has 1 N–H and O–H groups in total. The smallest absolute Gasteiger partial charge is 0.261 e. The predicted molar refractivity (Wildman–Crippen MR) is 154 cm³/mol. The molecule has 0 aliphatic heterocycles. The minimum absolute atomic E-state index is 0.0150. The Kier molecular flexibility index (Phi) is 11.2. The van der Waals surface area contributed by atoms with Gasteiger partial charge in [0.2, 0.25) is 5.91 Å². The maximum atomic E-state index is 13.8. The van der Waals surface area contributed by atoms with E-state index in [1.165, 1.54) is 5.56 Å². The van der Waals surface area contributed by atoms with Crippen LogP contribution in [0.4, 0.5) is 0 Å². The number of hydrogen-bond acceptors (Lipinski definition) is 4. The lowest BCUT2D eigenvalue weighted by Gasteiger charge is -2.32. The van der Waals surface area contributed by atoms with Crippen molar-refractivity contribution < 1.29 is 19.1 Å². The molecule has 0 bridgehead atoms. The van der Waals surface area contributed by atoms with E-state index in [4.69, 9.17) is 9.47 Å². The second-order valence-corrected chi connectivity index (χ2v) is 10.2. The topological polar surface area (TPSA) is 67.9 Å². The summed E-state index contributed by atoms with van der Waals surface area (Å²) in [6.07, 6.45) is 2.07. The Bertz CT molecular complexity index is 1200. The molecule has 7 heteroatoms. The summed E-state index contributed by atoms with van der Waals surface area (Å²) in [5.41, 5.74) is 3.00. The average Bonchev–Trinajstić information content (AvgIpc) is 2.94. The van der Waals surface area contributed by atoms with Crippen molar-refractivity contribution in [3.63, 3.8) is 0 Å². The molecule has 0 fully saturated rings. The average molecular weight is 582 g/mol. The van der Waals surface area contributed by atoms with Crippen molar-refractivity contribution in [1.82, 2.24) is 10.2 Å². The van der Waals surface area contributed by atoms with Crippen molar-refractivity contribution in [2.24, 2.45) is 0 Å². The van der Waals surface area contributed by atoms with Crippen LogP contribution in [0.3, 0.4) is 0 Å². The van der Waals surface area contributed by atoms with Gasteiger partial charge in [0, 0.05) is 19.0 Å². The molecular formula is C31H37BrN2O4. The maximum absolute atomic E-state index is 13.8. The van der Waals surface area contributed by atoms with Gasteiger partial charge in [-0.15, -0.1) is 0 Å². The lowest BCUT2D eigenvalue weighted by Crippen LogP contribution is -2.53. The van der Waals surface area contributed by atoms with E-state index >= 15 is 0 Å². The molecular weight excluding hydrogens is 544 g/mol. The van der Waals surface area contributed by atoms with Gasteiger partial charge in [0.25, 0.3) is 5.91 Å². The van der Waals surface area contributed by atoms with Crippen LogP contribution in [0.25, 0.3) is 0 Å². The van der Waals surface area contributed by atoms with E-state index in [-0.39, 0.29) is 31.0 Å². The lowest BCUT2D eigenvalue weighted by atomic mass is 10.0. The van der Waals surface area contributed by atoms with Gasteiger partial charge in [0.15, 0.2) is 6.61 Å². The third-order valence-corrected chi connectivity index (χ3v) is 7.13. The zero-order valence-electron chi connectivity index (χ0n) is 22.6. The molecule has 3 rings (SSSR count). The highest BCUT2D eigenvalue weighted by atomic mass is 79.9. The minimum atomic E-state index is -0.723. The highest BCUT2D eigenvalue weighted by molar-refractivity contribution is 9.10. The van der Waals surface area contributed by atoms with Crippen molar-refractivity contribution in [3.05, 3.63) is 94.0 Å². The maximum Gasteiger partial charge on any atom is 0.261 e. The standard InChI is InChI=1S/C31H37BrN2O4/c1-5-22(3)33-31(36)28(19-24-11-8-7-9-12-24)34(20-25-13-10-14-26(17-25)37-4)30(35)21-38-29-16-15-23(6-2)18-27(29)32/h7-18,22,28H,5-6,19-21H2,1-4H3,(H,33,36)/t22-,28-/m0/s1. The zero-order valence-corrected chi connectivity index (χ0v) is 24.2. The largest absolute Gasteiger partial charge is 0.497 e. The monoisotopic (exact) mass is 580 g/mol. The molecule has 0 aromatic heterocycles. The van der Waals surface area contributed by atoms with E-state index in [9.17, 15) is 9.59 Å². The van der Waals surface area contributed by atoms with Crippen molar-refractivity contribution in [2.75, 3.05) is 13.7 Å². The van der Waals surface area contributed by atoms with Crippen molar-refractivity contribution in [3.8, 4) is 11.5 Å². The van der Waals surface area contributed by atoms with Crippen molar-refractivity contribution >= 4 is 27.7 Å². The van der Waals surface area contributed by atoms with Crippen LogP contribution in [0.5, 0.6) is 11.5 Å². The molecule has 0 unspecified atom stereocenters. The zero-order chi connectivity index (χ0) is 27.5. The van der Waals surface area contributed by atoms with Gasteiger partial charge in [-0.1, -0.05) is 62.4 Å². The fourth-order valence-corrected chi connectivity index (χ4v) is 4.61. The number of methoxy groups -OCH3 is 1. The lowest BCUT2D eigenvalue weighted by molar-refractivity contribution is -0.143. The highest BCUT2D eigenvalue weighted by Crippen LogP contribution is 2.27. The van der Waals surface area contributed by atoms with Crippen molar-refractivity contribution in [1.29, 1.82) is 0 Å². The van der Waals surface area contributed by atoms with Gasteiger partial charge in [-0.3, -0.25) is 9.59 Å². The molecule has 0 aliphatic carbocycles. The molecule has 0 radical (unpaired) electrons. The molecule has 0 heterocycles. The molecule has 38 heavy (non-hydrogen) atoms. The Hall–Kier alpha value is -3.32. The molecule has 6 nitrogen and oxygen atoms in total. The normalized spacial score (nSPS) is 12.3. The number of aryl methyl sites for hydroxylation is 1. The van der Waals surface area contributed by atoms with Crippen LogP contribution < -0.4 is 14.8 Å². The van der Waals surface area contributed by atoms with Crippen LogP contribution in [0.2, 0.25) is 0 Å². The van der Waals surface area contributed by atoms with E-state index in [1.807, 2.05) is 86.6 Å². The molecule has 3 aromatic rings. The number of rotatable bonds is 13. The summed E-state index contributed by atoms with van der Waals surface area (Å²) >= 11 is 3.55. The first-order valence-corrected chi connectivity index (χ1v) is 13.8. The number of nitrogens with one attached hydrogen (secondary N) is 1. The van der Waals surface area contributed by atoms with E-state index in [0.29, 0.717) is 17.9 Å². The van der Waals surface area contributed by atoms with Crippen LogP contribution in [-0.2, 0) is 29.0 Å². The van der Waals surface area contributed by atoms with Crippen LogP contribution in [0, 0.1) is 0 Å². The van der Waals surface area contributed by atoms with Gasteiger partial charge >= 0.3 is 0 Å². The Morgan fingerprint density at radius 2 is 1.68 bits per heavy atom. The Morgan fingerprint density at radius 1 is 0.947 bits per heavy atom. The highest BCUT2D eigenvalue weighted by Gasteiger charge is 2.31. The minimum Gasteiger partial charge on any atom is -0.497 e. The number of benzene rings is 3. The number of carbonyl (C=O) groups is 2. The molecule has 202 valence electrons. The van der Waals surface area contributed by atoms with Crippen molar-refractivity contribution in [2.45, 2.75) is 58.7 Å². The third-order valence-electron chi connectivity index (χ3n) is 6.51. The summed E-state index contributed by atoms with van der Waals surface area (Å²) in [4.78, 5) is 29.0. The first kappa shape index (κ1) is 29.2. The van der Waals surface area contributed by atoms with Crippen LogP contribution in [-0.4, -0.2) is 42.5 Å². The molecule has 0 aliphatic rings. The summed E-state index contributed by atoms with van der Waals surface area (Å²) in [6.45, 7) is 6.11. The Labute approximate surface area is 234 Å².